The first kappa shape index (κ1) is 12.2. The van der Waals surface area contributed by atoms with E-state index in [2.05, 4.69) is 43.4 Å². The molecule has 84 valence electrons. The number of hydrogen-bond donors (Lipinski definition) is 2. The number of benzene rings is 1. The van der Waals surface area contributed by atoms with E-state index < -0.39 is 0 Å². The fraction of sp³-hybridized carbons (Fsp3) is 0.538. The molecule has 2 heteroatoms. The first-order valence-electron chi connectivity index (χ1n) is 5.75. The Balaban J connectivity index is 2.41. The van der Waals surface area contributed by atoms with Gasteiger partial charge in [0.2, 0.25) is 0 Å². The van der Waals surface area contributed by atoms with Gasteiger partial charge in [-0.15, -0.1) is 0 Å². The molecule has 1 aromatic carbocycles. The molecule has 0 radical (unpaired) electrons. The van der Waals surface area contributed by atoms with Gasteiger partial charge in [0.05, 0.1) is 0 Å². The van der Waals surface area contributed by atoms with Gasteiger partial charge in [-0.25, -0.2) is 0 Å². The predicted molar refractivity (Wildman–Crippen MR) is 65.6 cm³/mol. The molecule has 0 spiro atoms. The van der Waals surface area contributed by atoms with Gasteiger partial charge in [0.25, 0.3) is 0 Å². The van der Waals surface area contributed by atoms with Crippen molar-refractivity contribution in [3.05, 3.63) is 35.9 Å². The quantitative estimate of drug-likeness (QED) is 0.748. The smallest absolute Gasteiger partial charge is 0.0218 e. The van der Waals surface area contributed by atoms with Crippen molar-refractivity contribution in [3.63, 3.8) is 0 Å². The minimum atomic E-state index is 0.426. The van der Waals surface area contributed by atoms with Crippen molar-refractivity contribution in [2.75, 3.05) is 6.54 Å². The highest BCUT2D eigenvalue weighted by Crippen LogP contribution is 2.07. The first-order chi connectivity index (χ1) is 7.27. The molecule has 0 aliphatic carbocycles. The van der Waals surface area contributed by atoms with Gasteiger partial charge in [-0.1, -0.05) is 50.6 Å². The van der Waals surface area contributed by atoms with Crippen LogP contribution in [0.3, 0.4) is 0 Å². The lowest BCUT2D eigenvalue weighted by Gasteiger charge is -2.22. The summed E-state index contributed by atoms with van der Waals surface area (Å²) in [6.45, 7) is 6.07. The standard InChI is InChI=1S/C13H22N2/c1-3-11(2)13(9-14)15-10-12-7-5-4-6-8-12/h4-8,11,13,15H,3,9-10,14H2,1-2H3. The average molecular weight is 206 g/mol. The van der Waals surface area contributed by atoms with Gasteiger partial charge in [-0.2, -0.15) is 0 Å². The molecule has 1 aromatic rings. The van der Waals surface area contributed by atoms with Gasteiger partial charge in [-0.3, -0.25) is 0 Å². The largest absolute Gasteiger partial charge is 0.329 e. The highest BCUT2D eigenvalue weighted by Gasteiger charge is 2.12. The number of rotatable bonds is 6. The summed E-state index contributed by atoms with van der Waals surface area (Å²) >= 11 is 0. The zero-order chi connectivity index (χ0) is 11.1. The van der Waals surface area contributed by atoms with E-state index in [9.17, 15) is 0 Å². The van der Waals surface area contributed by atoms with E-state index in [1.807, 2.05) is 6.07 Å². The van der Waals surface area contributed by atoms with Crippen LogP contribution >= 0.6 is 0 Å². The first-order valence-corrected chi connectivity index (χ1v) is 5.75. The lowest BCUT2D eigenvalue weighted by Crippen LogP contribution is -2.40. The van der Waals surface area contributed by atoms with Gasteiger partial charge in [0.15, 0.2) is 0 Å². The lowest BCUT2D eigenvalue weighted by atomic mass is 9.99. The number of hydrogen-bond acceptors (Lipinski definition) is 2. The zero-order valence-corrected chi connectivity index (χ0v) is 9.74. The maximum absolute atomic E-state index is 5.75. The molecule has 0 fully saturated rings. The molecule has 2 nitrogen and oxygen atoms in total. The highest BCUT2D eigenvalue weighted by molar-refractivity contribution is 5.14. The molecule has 0 aliphatic rings. The monoisotopic (exact) mass is 206 g/mol. The SMILES string of the molecule is CCC(C)C(CN)NCc1ccccc1. The molecular formula is C13H22N2. The van der Waals surface area contributed by atoms with Crippen LogP contribution in [-0.2, 0) is 6.54 Å². The molecule has 1 rings (SSSR count). The fourth-order valence-corrected chi connectivity index (χ4v) is 1.65. The van der Waals surface area contributed by atoms with E-state index in [1.165, 1.54) is 12.0 Å². The van der Waals surface area contributed by atoms with Crippen molar-refractivity contribution in [1.82, 2.24) is 5.32 Å². The van der Waals surface area contributed by atoms with Crippen LogP contribution in [0.5, 0.6) is 0 Å². The van der Waals surface area contributed by atoms with Crippen molar-refractivity contribution in [2.45, 2.75) is 32.9 Å². The minimum Gasteiger partial charge on any atom is -0.329 e. The van der Waals surface area contributed by atoms with Gasteiger partial charge in [-0.05, 0) is 11.5 Å². The zero-order valence-electron chi connectivity index (χ0n) is 9.74. The van der Waals surface area contributed by atoms with Crippen molar-refractivity contribution in [1.29, 1.82) is 0 Å². The predicted octanol–water partition coefficient (Wildman–Crippen LogP) is 2.15. The van der Waals surface area contributed by atoms with Crippen molar-refractivity contribution in [3.8, 4) is 0 Å². The van der Waals surface area contributed by atoms with E-state index in [4.69, 9.17) is 5.73 Å². The third-order valence-electron chi connectivity index (χ3n) is 3.00. The van der Waals surface area contributed by atoms with Crippen molar-refractivity contribution < 1.29 is 0 Å². The van der Waals surface area contributed by atoms with Crippen LogP contribution < -0.4 is 11.1 Å². The second-order valence-corrected chi connectivity index (χ2v) is 4.09. The highest BCUT2D eigenvalue weighted by atomic mass is 14.9. The van der Waals surface area contributed by atoms with Crippen LogP contribution in [0.15, 0.2) is 30.3 Å². The molecule has 0 amide bonds. The van der Waals surface area contributed by atoms with Crippen LogP contribution in [-0.4, -0.2) is 12.6 Å². The van der Waals surface area contributed by atoms with Crippen LogP contribution in [0.4, 0.5) is 0 Å². The normalized spacial score (nSPS) is 14.9. The van der Waals surface area contributed by atoms with Crippen molar-refractivity contribution >= 4 is 0 Å². The minimum absolute atomic E-state index is 0.426. The Hall–Kier alpha value is -0.860. The number of nitrogens with one attached hydrogen (secondary N) is 1. The molecule has 15 heavy (non-hydrogen) atoms. The topological polar surface area (TPSA) is 38.0 Å². The lowest BCUT2D eigenvalue weighted by molar-refractivity contribution is 0.371. The Kier molecular flexibility index (Phi) is 5.37. The Bertz CT molecular complexity index is 258. The van der Waals surface area contributed by atoms with E-state index in [0.717, 1.165) is 6.54 Å². The van der Waals surface area contributed by atoms with Crippen LogP contribution in [0, 0.1) is 5.92 Å². The summed E-state index contributed by atoms with van der Waals surface area (Å²) in [5, 5.41) is 3.51. The van der Waals surface area contributed by atoms with Gasteiger partial charge >= 0.3 is 0 Å². The molecule has 0 saturated heterocycles. The molecule has 0 aromatic heterocycles. The molecule has 2 unspecified atom stereocenters. The summed E-state index contributed by atoms with van der Waals surface area (Å²) in [4.78, 5) is 0. The molecule has 2 atom stereocenters. The Morgan fingerprint density at radius 3 is 2.47 bits per heavy atom. The molecule has 0 heterocycles. The summed E-state index contributed by atoms with van der Waals surface area (Å²) in [6.07, 6.45) is 1.17. The van der Waals surface area contributed by atoms with Gasteiger partial charge in [0, 0.05) is 19.1 Å². The second-order valence-electron chi connectivity index (χ2n) is 4.09. The van der Waals surface area contributed by atoms with E-state index in [-0.39, 0.29) is 0 Å². The van der Waals surface area contributed by atoms with E-state index in [0.29, 0.717) is 18.5 Å². The maximum atomic E-state index is 5.75. The molecule has 0 saturated carbocycles. The summed E-state index contributed by atoms with van der Waals surface area (Å²) < 4.78 is 0. The third kappa shape index (κ3) is 4.02. The molecule has 0 aliphatic heterocycles. The molecule has 3 N–H and O–H groups in total. The summed E-state index contributed by atoms with van der Waals surface area (Å²) in [5.74, 6) is 0.638. The Morgan fingerprint density at radius 1 is 1.27 bits per heavy atom. The third-order valence-corrected chi connectivity index (χ3v) is 3.00. The van der Waals surface area contributed by atoms with Crippen LogP contribution in [0.1, 0.15) is 25.8 Å². The number of nitrogens with two attached hydrogens (primary N) is 1. The van der Waals surface area contributed by atoms with Crippen LogP contribution in [0.2, 0.25) is 0 Å². The fourth-order valence-electron chi connectivity index (χ4n) is 1.65. The molecule has 0 bridgehead atoms. The Morgan fingerprint density at radius 2 is 1.93 bits per heavy atom. The Labute approximate surface area is 92.9 Å². The maximum Gasteiger partial charge on any atom is 0.0218 e. The van der Waals surface area contributed by atoms with Crippen LogP contribution in [0.25, 0.3) is 0 Å². The molecular weight excluding hydrogens is 184 g/mol. The van der Waals surface area contributed by atoms with E-state index >= 15 is 0 Å². The van der Waals surface area contributed by atoms with Gasteiger partial charge < -0.3 is 11.1 Å². The summed E-state index contributed by atoms with van der Waals surface area (Å²) in [7, 11) is 0. The van der Waals surface area contributed by atoms with Gasteiger partial charge in [0.1, 0.15) is 0 Å². The summed E-state index contributed by atoms with van der Waals surface area (Å²) in [6, 6.07) is 10.9. The average Bonchev–Trinajstić information content (AvgIpc) is 2.31. The van der Waals surface area contributed by atoms with E-state index in [1.54, 1.807) is 0 Å². The second kappa shape index (κ2) is 6.59. The summed E-state index contributed by atoms with van der Waals surface area (Å²) in [5.41, 5.74) is 7.07. The van der Waals surface area contributed by atoms with Crippen molar-refractivity contribution in [2.24, 2.45) is 11.7 Å².